The molecule has 3 aromatic rings. The van der Waals surface area contributed by atoms with Crippen molar-refractivity contribution in [3.63, 3.8) is 0 Å². The fourth-order valence-electron chi connectivity index (χ4n) is 4.97. The van der Waals surface area contributed by atoms with Crippen molar-refractivity contribution in [2.75, 3.05) is 6.54 Å². The zero-order valence-corrected chi connectivity index (χ0v) is 16.7. The minimum absolute atomic E-state index is 0.334. The summed E-state index contributed by atoms with van der Waals surface area (Å²) in [4.78, 5) is 26.6. The molecule has 6 nitrogen and oxygen atoms in total. The molecule has 1 unspecified atom stereocenters. The Morgan fingerprint density at radius 3 is 2.50 bits per heavy atom. The van der Waals surface area contributed by atoms with Crippen LogP contribution in [0.2, 0.25) is 0 Å². The van der Waals surface area contributed by atoms with Gasteiger partial charge in [0.25, 0.3) is 5.91 Å². The van der Waals surface area contributed by atoms with Crippen LogP contribution in [0.3, 0.4) is 0 Å². The van der Waals surface area contributed by atoms with E-state index in [1.54, 1.807) is 30.3 Å². The second-order valence-electron chi connectivity index (χ2n) is 7.99. The van der Waals surface area contributed by atoms with Crippen molar-refractivity contribution in [3.05, 3.63) is 93.2 Å². The minimum atomic E-state index is -1.33. The van der Waals surface area contributed by atoms with E-state index in [1.165, 1.54) is 9.58 Å². The molecule has 0 saturated carbocycles. The van der Waals surface area contributed by atoms with Crippen LogP contribution in [0.15, 0.2) is 53.5 Å². The Balaban J connectivity index is 1.84. The van der Waals surface area contributed by atoms with E-state index < -0.39 is 58.1 Å². The van der Waals surface area contributed by atoms with Crippen molar-refractivity contribution in [1.82, 2.24) is 14.7 Å². The number of benzene rings is 2. The standard InChI is InChI=1S/C23H18F3N3O3/c24-13-8-9-14(25)19(26)18(13)17(12-5-2-1-3-6-12)20-15-7-4-10-28(15)23(32)21-22(31)16(30)11-27-29(20)21/h1-3,5-6,8-9,11,15,17,20,31H,4,7,10H2/t15-,17?,20-/m1/s1. The molecule has 0 radical (unpaired) electrons. The van der Waals surface area contributed by atoms with Crippen LogP contribution in [0, 0.1) is 17.5 Å². The summed E-state index contributed by atoms with van der Waals surface area (Å²) >= 11 is 0. The van der Waals surface area contributed by atoms with Crippen molar-refractivity contribution in [2.45, 2.75) is 30.8 Å². The molecule has 2 aromatic carbocycles. The summed E-state index contributed by atoms with van der Waals surface area (Å²) in [5, 5.41) is 14.5. The number of fused-ring (bicyclic) bond motifs is 2. The summed E-state index contributed by atoms with van der Waals surface area (Å²) in [5.41, 5.74) is -1.18. The lowest BCUT2D eigenvalue weighted by Crippen LogP contribution is -2.51. The largest absolute Gasteiger partial charge is 0.502 e. The van der Waals surface area contributed by atoms with E-state index >= 15 is 8.78 Å². The number of hydrogen-bond acceptors (Lipinski definition) is 4. The van der Waals surface area contributed by atoms with Crippen molar-refractivity contribution in [2.24, 2.45) is 0 Å². The minimum Gasteiger partial charge on any atom is -0.502 e. The molecule has 9 heteroatoms. The second-order valence-corrected chi connectivity index (χ2v) is 7.99. The fourth-order valence-corrected chi connectivity index (χ4v) is 4.97. The van der Waals surface area contributed by atoms with Gasteiger partial charge in [0.15, 0.2) is 23.1 Å². The lowest BCUT2D eigenvalue weighted by molar-refractivity contribution is 0.0563. The highest BCUT2D eigenvalue weighted by Crippen LogP contribution is 2.47. The Morgan fingerprint density at radius 1 is 1.03 bits per heavy atom. The zero-order valence-electron chi connectivity index (χ0n) is 16.7. The first-order valence-corrected chi connectivity index (χ1v) is 10.2. The molecule has 1 fully saturated rings. The number of halogens is 3. The third-order valence-corrected chi connectivity index (χ3v) is 6.32. The molecular weight excluding hydrogens is 423 g/mol. The molecule has 1 amide bonds. The van der Waals surface area contributed by atoms with Gasteiger partial charge in [-0.1, -0.05) is 30.3 Å². The number of rotatable bonds is 3. The first kappa shape index (κ1) is 20.3. The number of aromatic hydroxyl groups is 1. The third kappa shape index (κ3) is 2.91. The highest BCUT2D eigenvalue weighted by Gasteiger charge is 2.49. The maximum atomic E-state index is 15.1. The van der Waals surface area contributed by atoms with Crippen molar-refractivity contribution < 1.29 is 23.1 Å². The Morgan fingerprint density at radius 2 is 1.75 bits per heavy atom. The average Bonchev–Trinajstić information content (AvgIpc) is 3.28. The van der Waals surface area contributed by atoms with Gasteiger partial charge in [-0.25, -0.2) is 13.2 Å². The van der Waals surface area contributed by atoms with Gasteiger partial charge in [-0.05, 0) is 30.5 Å². The van der Waals surface area contributed by atoms with Gasteiger partial charge in [0.05, 0.1) is 18.3 Å². The van der Waals surface area contributed by atoms with E-state index in [9.17, 15) is 19.1 Å². The molecule has 1 saturated heterocycles. The normalized spacial score (nSPS) is 20.7. The van der Waals surface area contributed by atoms with Crippen LogP contribution < -0.4 is 5.43 Å². The summed E-state index contributed by atoms with van der Waals surface area (Å²) in [6.45, 7) is 0.359. The van der Waals surface area contributed by atoms with Crippen LogP contribution in [0.5, 0.6) is 5.75 Å². The molecule has 0 bridgehead atoms. The number of hydrogen-bond donors (Lipinski definition) is 1. The molecule has 3 atom stereocenters. The lowest BCUT2D eigenvalue weighted by Gasteiger charge is -2.42. The fraction of sp³-hybridized carbons (Fsp3) is 0.261. The molecular formula is C23H18F3N3O3. The number of aromatic nitrogens is 2. The van der Waals surface area contributed by atoms with Gasteiger partial charge in [0, 0.05) is 18.0 Å². The molecule has 1 N–H and O–H groups in total. The van der Waals surface area contributed by atoms with E-state index in [-0.39, 0.29) is 5.69 Å². The Bertz CT molecular complexity index is 1280. The number of carbonyl (C=O) groups excluding carboxylic acids is 1. The van der Waals surface area contributed by atoms with E-state index in [0.29, 0.717) is 24.9 Å². The first-order chi connectivity index (χ1) is 15.4. The summed E-state index contributed by atoms with van der Waals surface area (Å²) in [5.74, 6) is -5.89. The summed E-state index contributed by atoms with van der Waals surface area (Å²) in [7, 11) is 0. The molecule has 3 heterocycles. The number of carbonyl (C=O) groups is 1. The molecule has 2 aliphatic heterocycles. The molecule has 5 rings (SSSR count). The van der Waals surface area contributed by atoms with Gasteiger partial charge >= 0.3 is 0 Å². The molecule has 2 aliphatic rings. The molecule has 32 heavy (non-hydrogen) atoms. The van der Waals surface area contributed by atoms with Crippen LogP contribution >= 0.6 is 0 Å². The smallest absolute Gasteiger partial charge is 0.276 e. The quantitative estimate of drug-likeness (QED) is 0.633. The average molecular weight is 441 g/mol. The topological polar surface area (TPSA) is 75.4 Å². The Hall–Kier alpha value is -3.62. The maximum absolute atomic E-state index is 15.1. The van der Waals surface area contributed by atoms with Gasteiger partial charge < -0.3 is 10.0 Å². The molecule has 1 aromatic heterocycles. The van der Waals surface area contributed by atoms with Crippen LogP contribution in [-0.4, -0.2) is 38.3 Å². The van der Waals surface area contributed by atoms with E-state index in [1.807, 2.05) is 0 Å². The van der Waals surface area contributed by atoms with Crippen LogP contribution in [-0.2, 0) is 0 Å². The van der Waals surface area contributed by atoms with Crippen molar-refractivity contribution >= 4 is 5.91 Å². The van der Waals surface area contributed by atoms with Crippen molar-refractivity contribution in [1.29, 1.82) is 0 Å². The van der Waals surface area contributed by atoms with Crippen LogP contribution in [0.1, 0.15) is 46.4 Å². The lowest BCUT2D eigenvalue weighted by atomic mass is 9.79. The molecule has 0 aliphatic carbocycles. The van der Waals surface area contributed by atoms with Crippen LogP contribution in [0.4, 0.5) is 13.2 Å². The zero-order chi connectivity index (χ0) is 22.6. The van der Waals surface area contributed by atoms with Gasteiger partial charge in [0.2, 0.25) is 5.43 Å². The third-order valence-electron chi connectivity index (χ3n) is 6.32. The maximum Gasteiger partial charge on any atom is 0.276 e. The molecule has 164 valence electrons. The highest BCUT2D eigenvalue weighted by atomic mass is 19.2. The molecule has 0 spiro atoms. The van der Waals surface area contributed by atoms with Gasteiger partial charge in [-0.15, -0.1) is 0 Å². The van der Waals surface area contributed by atoms with Gasteiger partial charge in [-0.3, -0.25) is 14.3 Å². The van der Waals surface area contributed by atoms with Gasteiger partial charge in [-0.2, -0.15) is 5.10 Å². The predicted octanol–water partition coefficient (Wildman–Crippen LogP) is 3.36. The Labute approximate surface area is 180 Å². The van der Waals surface area contributed by atoms with Gasteiger partial charge in [0.1, 0.15) is 5.82 Å². The van der Waals surface area contributed by atoms with E-state index in [0.717, 1.165) is 18.3 Å². The van der Waals surface area contributed by atoms with Crippen LogP contribution in [0.25, 0.3) is 0 Å². The first-order valence-electron chi connectivity index (χ1n) is 10.2. The SMILES string of the molecule is O=C1c2c(O)c(=O)cnn2[C@@H](C(c2ccccc2)c2c(F)ccc(F)c2F)[C@H]2CCCN12. The second kappa shape index (κ2) is 7.51. The Kier molecular flexibility index (Phi) is 4.76. The van der Waals surface area contributed by atoms with E-state index in [2.05, 4.69) is 5.10 Å². The highest BCUT2D eigenvalue weighted by molar-refractivity contribution is 5.96. The summed E-state index contributed by atoms with van der Waals surface area (Å²) in [6.07, 6.45) is 2.01. The van der Waals surface area contributed by atoms with E-state index in [4.69, 9.17) is 0 Å². The predicted molar refractivity (Wildman–Crippen MR) is 108 cm³/mol. The number of nitrogens with zero attached hydrogens (tertiary/aromatic N) is 3. The summed E-state index contributed by atoms with van der Waals surface area (Å²) < 4.78 is 45.5. The van der Waals surface area contributed by atoms with Crippen molar-refractivity contribution in [3.8, 4) is 5.75 Å². The monoisotopic (exact) mass is 441 g/mol. The summed E-state index contributed by atoms with van der Waals surface area (Å²) in [6, 6.07) is 8.61. The number of amides is 1.